The molecular formula is C19H34N6. The molecule has 0 aromatic carbocycles. The molecule has 2 N–H and O–H groups in total. The van der Waals surface area contributed by atoms with Gasteiger partial charge in [0.2, 0.25) is 0 Å². The van der Waals surface area contributed by atoms with E-state index in [1.54, 1.807) is 0 Å². The Kier molecular flexibility index (Phi) is 5.99. The Balaban J connectivity index is 1.53. The van der Waals surface area contributed by atoms with E-state index in [-0.39, 0.29) is 0 Å². The summed E-state index contributed by atoms with van der Waals surface area (Å²) in [5.41, 5.74) is 3.84. The predicted octanol–water partition coefficient (Wildman–Crippen LogP) is 1.84. The smallest absolute Gasteiger partial charge is 0.191 e. The number of nitrogens with one attached hydrogen (secondary N) is 2. The Morgan fingerprint density at radius 3 is 2.44 bits per heavy atom. The summed E-state index contributed by atoms with van der Waals surface area (Å²) in [6.45, 7) is 7.61. The summed E-state index contributed by atoms with van der Waals surface area (Å²) in [5, 5.41) is 11.8. The summed E-state index contributed by atoms with van der Waals surface area (Å²) >= 11 is 0. The van der Waals surface area contributed by atoms with Crippen molar-refractivity contribution in [1.82, 2.24) is 25.3 Å². The van der Waals surface area contributed by atoms with E-state index in [2.05, 4.69) is 39.5 Å². The van der Waals surface area contributed by atoms with Crippen LogP contribution in [0.15, 0.2) is 4.99 Å². The molecule has 2 fully saturated rings. The summed E-state index contributed by atoms with van der Waals surface area (Å²) in [6, 6.07) is 1.43. The maximum absolute atomic E-state index is 4.66. The van der Waals surface area contributed by atoms with Crippen LogP contribution < -0.4 is 10.6 Å². The maximum Gasteiger partial charge on any atom is 0.191 e. The number of piperidine rings is 1. The normalized spacial score (nSPS) is 20.1. The predicted molar refractivity (Wildman–Crippen MR) is 103 cm³/mol. The zero-order valence-electron chi connectivity index (χ0n) is 16.3. The van der Waals surface area contributed by atoms with E-state index in [9.17, 15) is 0 Å². The summed E-state index contributed by atoms with van der Waals surface area (Å²) < 4.78 is 2.03. The van der Waals surface area contributed by atoms with Crippen LogP contribution in [0.5, 0.6) is 0 Å². The van der Waals surface area contributed by atoms with Crippen LogP contribution in [-0.4, -0.2) is 52.9 Å². The highest BCUT2D eigenvalue weighted by molar-refractivity contribution is 5.80. The molecule has 1 saturated carbocycles. The number of aryl methyl sites for hydroxylation is 2. The zero-order chi connectivity index (χ0) is 17.8. The Morgan fingerprint density at radius 1 is 1.16 bits per heavy atom. The number of guanidine groups is 1. The first-order valence-corrected chi connectivity index (χ1v) is 9.91. The van der Waals surface area contributed by atoms with E-state index in [0.717, 1.165) is 31.4 Å². The second-order valence-electron chi connectivity index (χ2n) is 7.31. The first kappa shape index (κ1) is 18.2. The van der Waals surface area contributed by atoms with Crippen LogP contribution in [0.2, 0.25) is 0 Å². The molecule has 0 atom stereocenters. The Bertz CT molecular complexity index is 593. The van der Waals surface area contributed by atoms with Gasteiger partial charge < -0.3 is 15.5 Å². The molecule has 1 aromatic rings. The molecule has 1 aliphatic heterocycles. The fourth-order valence-corrected chi connectivity index (χ4v) is 4.00. The standard InChI is InChI=1S/C19H34N6/c1-5-17-16(18(6-2)24(4)23-17)13-21-19(20-3)22-14-9-11-25(12-10-14)15-7-8-15/h14-15H,5-13H2,1-4H3,(H2,20,21,22). The van der Waals surface area contributed by atoms with Gasteiger partial charge in [0.25, 0.3) is 0 Å². The topological polar surface area (TPSA) is 57.5 Å². The lowest BCUT2D eigenvalue weighted by Gasteiger charge is -2.33. The van der Waals surface area contributed by atoms with Gasteiger partial charge in [-0.05, 0) is 38.5 Å². The minimum Gasteiger partial charge on any atom is -0.354 e. The highest BCUT2D eigenvalue weighted by Gasteiger charge is 2.31. The van der Waals surface area contributed by atoms with Crippen LogP contribution in [-0.2, 0) is 26.4 Å². The van der Waals surface area contributed by atoms with Gasteiger partial charge in [0.15, 0.2) is 5.96 Å². The quantitative estimate of drug-likeness (QED) is 0.610. The average molecular weight is 347 g/mol. The van der Waals surface area contributed by atoms with Gasteiger partial charge in [-0.25, -0.2) is 0 Å². The number of nitrogens with zero attached hydrogens (tertiary/aromatic N) is 4. The van der Waals surface area contributed by atoms with Crippen molar-refractivity contribution < 1.29 is 0 Å². The largest absolute Gasteiger partial charge is 0.354 e. The Hall–Kier alpha value is -1.56. The summed E-state index contributed by atoms with van der Waals surface area (Å²) in [5.74, 6) is 0.915. The SMILES string of the molecule is CCc1nn(C)c(CC)c1CNC(=NC)NC1CCN(C2CC2)CC1. The number of hydrogen-bond acceptors (Lipinski definition) is 3. The molecule has 0 unspecified atom stereocenters. The summed E-state index contributed by atoms with van der Waals surface area (Å²) in [7, 11) is 3.90. The van der Waals surface area contributed by atoms with E-state index in [4.69, 9.17) is 0 Å². The molecule has 1 aliphatic carbocycles. The van der Waals surface area contributed by atoms with Crippen LogP contribution >= 0.6 is 0 Å². The molecule has 140 valence electrons. The number of aromatic nitrogens is 2. The van der Waals surface area contributed by atoms with Crippen LogP contribution in [0, 0.1) is 0 Å². The molecule has 0 bridgehead atoms. The van der Waals surface area contributed by atoms with Crippen molar-refractivity contribution in [2.75, 3.05) is 20.1 Å². The van der Waals surface area contributed by atoms with Gasteiger partial charge in [-0.15, -0.1) is 0 Å². The molecule has 1 saturated heterocycles. The molecule has 0 radical (unpaired) electrons. The molecule has 25 heavy (non-hydrogen) atoms. The van der Waals surface area contributed by atoms with Crippen LogP contribution in [0.25, 0.3) is 0 Å². The van der Waals surface area contributed by atoms with Crippen molar-refractivity contribution in [2.24, 2.45) is 12.0 Å². The molecular weight excluding hydrogens is 312 g/mol. The fraction of sp³-hybridized carbons (Fsp3) is 0.789. The fourth-order valence-electron chi connectivity index (χ4n) is 4.00. The van der Waals surface area contributed by atoms with Crippen molar-refractivity contribution in [3.05, 3.63) is 17.0 Å². The lowest BCUT2D eigenvalue weighted by atomic mass is 10.1. The lowest BCUT2D eigenvalue weighted by Crippen LogP contribution is -2.48. The number of aliphatic imine (C=N–C) groups is 1. The zero-order valence-corrected chi connectivity index (χ0v) is 16.3. The summed E-state index contributed by atoms with van der Waals surface area (Å²) in [6.07, 6.45) is 7.22. The third-order valence-corrected chi connectivity index (χ3v) is 5.62. The van der Waals surface area contributed by atoms with Gasteiger partial charge in [-0.3, -0.25) is 9.67 Å². The van der Waals surface area contributed by atoms with Crippen molar-refractivity contribution in [1.29, 1.82) is 0 Å². The van der Waals surface area contributed by atoms with E-state index in [1.807, 2.05) is 18.8 Å². The van der Waals surface area contributed by atoms with Crippen LogP contribution in [0.1, 0.15) is 56.5 Å². The minimum absolute atomic E-state index is 0.534. The lowest BCUT2D eigenvalue weighted by molar-refractivity contribution is 0.197. The van der Waals surface area contributed by atoms with Crippen LogP contribution in [0.4, 0.5) is 0 Å². The molecule has 0 amide bonds. The van der Waals surface area contributed by atoms with Crippen molar-refractivity contribution in [3.8, 4) is 0 Å². The number of rotatable bonds is 6. The first-order valence-electron chi connectivity index (χ1n) is 9.91. The molecule has 3 rings (SSSR count). The molecule has 2 aliphatic rings. The molecule has 6 nitrogen and oxygen atoms in total. The molecule has 2 heterocycles. The second kappa shape index (κ2) is 8.21. The number of likely N-dealkylation sites (tertiary alicyclic amines) is 1. The Morgan fingerprint density at radius 2 is 1.88 bits per heavy atom. The Labute approximate surface area is 152 Å². The van der Waals surface area contributed by atoms with E-state index >= 15 is 0 Å². The van der Waals surface area contributed by atoms with E-state index in [0.29, 0.717) is 6.04 Å². The van der Waals surface area contributed by atoms with Crippen molar-refractivity contribution in [2.45, 2.75) is 71.0 Å². The van der Waals surface area contributed by atoms with Crippen LogP contribution in [0.3, 0.4) is 0 Å². The number of hydrogen-bond donors (Lipinski definition) is 2. The molecule has 1 aromatic heterocycles. The highest BCUT2D eigenvalue weighted by Crippen LogP contribution is 2.29. The third-order valence-electron chi connectivity index (χ3n) is 5.62. The van der Waals surface area contributed by atoms with Gasteiger partial charge >= 0.3 is 0 Å². The monoisotopic (exact) mass is 346 g/mol. The van der Waals surface area contributed by atoms with Crippen molar-refractivity contribution >= 4 is 5.96 Å². The van der Waals surface area contributed by atoms with Gasteiger partial charge in [-0.2, -0.15) is 5.10 Å². The van der Waals surface area contributed by atoms with Gasteiger partial charge in [-0.1, -0.05) is 13.8 Å². The van der Waals surface area contributed by atoms with E-state index < -0.39 is 0 Å². The van der Waals surface area contributed by atoms with E-state index in [1.165, 1.54) is 55.7 Å². The summed E-state index contributed by atoms with van der Waals surface area (Å²) in [4.78, 5) is 7.09. The third kappa shape index (κ3) is 4.35. The molecule has 0 spiro atoms. The first-order chi connectivity index (χ1) is 12.2. The second-order valence-corrected chi connectivity index (χ2v) is 7.31. The molecule has 6 heteroatoms. The van der Waals surface area contributed by atoms with Crippen molar-refractivity contribution in [3.63, 3.8) is 0 Å². The highest BCUT2D eigenvalue weighted by atomic mass is 15.3. The average Bonchev–Trinajstić information content (AvgIpc) is 3.43. The minimum atomic E-state index is 0.534. The maximum atomic E-state index is 4.66. The van der Waals surface area contributed by atoms with Gasteiger partial charge in [0.05, 0.1) is 5.69 Å². The van der Waals surface area contributed by atoms with Gasteiger partial charge in [0, 0.05) is 57.1 Å². The van der Waals surface area contributed by atoms with Gasteiger partial charge in [0.1, 0.15) is 0 Å².